The highest BCUT2D eigenvalue weighted by atomic mass is 32.2. The Morgan fingerprint density at radius 1 is 1.38 bits per heavy atom. The maximum Gasteiger partial charge on any atom is 0.222 e. The summed E-state index contributed by atoms with van der Waals surface area (Å²) in [4.78, 5) is 13.8. The van der Waals surface area contributed by atoms with E-state index in [0.717, 1.165) is 6.42 Å². The molecule has 0 aromatic heterocycles. The summed E-state index contributed by atoms with van der Waals surface area (Å²) in [7, 11) is -3.10. The second kappa shape index (κ2) is 6.24. The molecular formula is C15H27NO4S. The standard InChI is InChI=1S/C15H27NO4S/c1-4-20-9-13-7-8-21(18,19)15(13)10-16(11-15)14(17)6-5-12(2)3/h12-13H,4-11H2,1-3H3/t13-/m1/s1. The van der Waals surface area contributed by atoms with E-state index in [0.29, 0.717) is 45.1 Å². The molecule has 0 aliphatic carbocycles. The predicted molar refractivity (Wildman–Crippen MR) is 81.8 cm³/mol. The number of rotatable bonds is 6. The first-order valence-electron chi connectivity index (χ1n) is 7.90. The second-order valence-electron chi connectivity index (χ2n) is 6.71. The highest BCUT2D eigenvalue weighted by Crippen LogP contribution is 2.45. The van der Waals surface area contributed by atoms with Gasteiger partial charge in [-0.1, -0.05) is 13.8 Å². The molecule has 0 radical (unpaired) electrons. The fraction of sp³-hybridized carbons (Fsp3) is 0.933. The van der Waals surface area contributed by atoms with Crippen molar-refractivity contribution in [3.8, 4) is 0 Å². The van der Waals surface area contributed by atoms with Gasteiger partial charge in [0.05, 0.1) is 12.4 Å². The molecule has 5 nitrogen and oxygen atoms in total. The molecular weight excluding hydrogens is 290 g/mol. The third-order valence-corrected chi connectivity index (χ3v) is 7.43. The van der Waals surface area contributed by atoms with E-state index in [9.17, 15) is 13.2 Å². The van der Waals surface area contributed by atoms with Gasteiger partial charge in [-0.2, -0.15) is 0 Å². The van der Waals surface area contributed by atoms with Gasteiger partial charge in [-0.3, -0.25) is 4.79 Å². The molecule has 122 valence electrons. The summed E-state index contributed by atoms with van der Waals surface area (Å²) in [5.74, 6) is 0.854. The van der Waals surface area contributed by atoms with Crippen LogP contribution in [-0.4, -0.2) is 56.0 Å². The van der Waals surface area contributed by atoms with Crippen LogP contribution in [0.3, 0.4) is 0 Å². The summed E-state index contributed by atoms with van der Waals surface area (Å²) in [6, 6.07) is 0. The van der Waals surface area contributed by atoms with Crippen molar-refractivity contribution in [1.82, 2.24) is 4.90 Å². The number of hydrogen-bond acceptors (Lipinski definition) is 4. The van der Waals surface area contributed by atoms with Gasteiger partial charge in [0.25, 0.3) is 0 Å². The van der Waals surface area contributed by atoms with Crippen molar-refractivity contribution in [1.29, 1.82) is 0 Å². The molecule has 0 aromatic rings. The van der Waals surface area contributed by atoms with Gasteiger partial charge >= 0.3 is 0 Å². The Morgan fingerprint density at radius 3 is 2.62 bits per heavy atom. The maximum absolute atomic E-state index is 12.4. The lowest BCUT2D eigenvalue weighted by molar-refractivity contribution is -0.138. The minimum absolute atomic E-state index is 0.0385. The normalized spacial score (nSPS) is 26.3. The Hall–Kier alpha value is -0.620. The zero-order valence-electron chi connectivity index (χ0n) is 13.3. The topological polar surface area (TPSA) is 63.7 Å². The molecule has 0 N–H and O–H groups in total. The SMILES string of the molecule is CCOC[C@H]1CCS(=O)(=O)C12CN(C(=O)CCC(C)C)C2. The summed E-state index contributed by atoms with van der Waals surface area (Å²) in [5.41, 5.74) is 0. The fourth-order valence-corrected chi connectivity index (χ4v) is 5.71. The molecule has 0 aromatic carbocycles. The summed E-state index contributed by atoms with van der Waals surface area (Å²) < 4.78 is 29.5. The molecule has 0 unspecified atom stereocenters. The highest BCUT2D eigenvalue weighted by molar-refractivity contribution is 7.93. The van der Waals surface area contributed by atoms with Crippen LogP contribution in [-0.2, 0) is 19.4 Å². The van der Waals surface area contributed by atoms with Crippen LogP contribution in [0.5, 0.6) is 0 Å². The van der Waals surface area contributed by atoms with Crippen LogP contribution in [0.1, 0.15) is 40.0 Å². The first-order valence-corrected chi connectivity index (χ1v) is 9.55. The van der Waals surface area contributed by atoms with Crippen molar-refractivity contribution in [2.75, 3.05) is 32.1 Å². The summed E-state index contributed by atoms with van der Waals surface area (Å²) in [6.45, 7) is 7.91. The number of hydrogen-bond donors (Lipinski definition) is 0. The smallest absolute Gasteiger partial charge is 0.222 e. The van der Waals surface area contributed by atoms with E-state index in [4.69, 9.17) is 4.74 Å². The molecule has 0 bridgehead atoms. The Bertz CT molecular complexity index is 480. The van der Waals surface area contributed by atoms with Gasteiger partial charge in [-0.15, -0.1) is 0 Å². The van der Waals surface area contributed by atoms with Crippen molar-refractivity contribution < 1.29 is 17.9 Å². The van der Waals surface area contributed by atoms with Crippen molar-refractivity contribution >= 4 is 15.7 Å². The molecule has 2 heterocycles. The third-order valence-electron chi connectivity index (χ3n) is 4.83. The second-order valence-corrected chi connectivity index (χ2v) is 9.16. The molecule has 2 aliphatic rings. The van der Waals surface area contributed by atoms with Gasteiger partial charge in [0.15, 0.2) is 9.84 Å². The van der Waals surface area contributed by atoms with Crippen LogP contribution in [0, 0.1) is 11.8 Å². The Balaban J connectivity index is 1.98. The average Bonchev–Trinajstić information content (AvgIpc) is 2.62. The number of sulfone groups is 1. The fourth-order valence-electron chi connectivity index (χ4n) is 3.31. The lowest BCUT2D eigenvalue weighted by Gasteiger charge is -2.50. The van der Waals surface area contributed by atoms with Crippen LogP contribution in [0.4, 0.5) is 0 Å². The van der Waals surface area contributed by atoms with E-state index < -0.39 is 14.6 Å². The maximum atomic E-state index is 12.4. The first-order chi connectivity index (χ1) is 9.82. The quantitative estimate of drug-likeness (QED) is 0.744. The predicted octanol–water partition coefficient (Wildman–Crippen LogP) is 1.47. The number of nitrogens with zero attached hydrogens (tertiary/aromatic N) is 1. The number of amides is 1. The Kier molecular flexibility index (Phi) is 4.98. The molecule has 1 spiro atoms. The van der Waals surface area contributed by atoms with Gasteiger partial charge in [-0.05, 0) is 25.7 Å². The molecule has 2 rings (SSSR count). The third kappa shape index (κ3) is 3.11. The lowest BCUT2D eigenvalue weighted by Crippen LogP contribution is -2.68. The van der Waals surface area contributed by atoms with Gasteiger partial charge in [0.2, 0.25) is 5.91 Å². The van der Waals surface area contributed by atoms with Crippen molar-refractivity contribution in [3.05, 3.63) is 0 Å². The van der Waals surface area contributed by atoms with Crippen LogP contribution in [0.15, 0.2) is 0 Å². The Morgan fingerprint density at radius 2 is 2.05 bits per heavy atom. The van der Waals surface area contributed by atoms with Gasteiger partial charge in [-0.25, -0.2) is 8.42 Å². The number of ether oxygens (including phenoxy) is 1. The average molecular weight is 317 g/mol. The van der Waals surface area contributed by atoms with E-state index in [2.05, 4.69) is 13.8 Å². The minimum atomic E-state index is -3.10. The number of likely N-dealkylation sites (tertiary alicyclic amines) is 1. The number of carbonyl (C=O) groups is 1. The van der Waals surface area contributed by atoms with Crippen LogP contribution in [0.25, 0.3) is 0 Å². The van der Waals surface area contributed by atoms with E-state index in [1.165, 1.54) is 0 Å². The van der Waals surface area contributed by atoms with Gasteiger partial charge in [0.1, 0.15) is 4.75 Å². The lowest BCUT2D eigenvalue weighted by atomic mass is 9.83. The minimum Gasteiger partial charge on any atom is -0.381 e. The van der Waals surface area contributed by atoms with E-state index in [-0.39, 0.29) is 17.6 Å². The molecule has 2 aliphatic heterocycles. The molecule has 1 atom stereocenters. The molecule has 6 heteroatoms. The van der Waals surface area contributed by atoms with Crippen LogP contribution < -0.4 is 0 Å². The number of carbonyl (C=O) groups excluding carboxylic acids is 1. The molecule has 1 amide bonds. The van der Waals surface area contributed by atoms with Crippen LogP contribution >= 0.6 is 0 Å². The highest BCUT2D eigenvalue weighted by Gasteiger charge is 2.62. The van der Waals surface area contributed by atoms with Crippen LogP contribution in [0.2, 0.25) is 0 Å². The van der Waals surface area contributed by atoms with Crippen molar-refractivity contribution in [3.63, 3.8) is 0 Å². The molecule has 21 heavy (non-hydrogen) atoms. The van der Waals surface area contributed by atoms with E-state index in [1.807, 2.05) is 6.92 Å². The van der Waals surface area contributed by atoms with Crippen molar-refractivity contribution in [2.45, 2.75) is 44.8 Å². The summed E-state index contributed by atoms with van der Waals surface area (Å²) in [5, 5.41) is 0. The zero-order valence-corrected chi connectivity index (χ0v) is 14.1. The molecule has 2 fully saturated rings. The summed E-state index contributed by atoms with van der Waals surface area (Å²) in [6.07, 6.45) is 2.04. The van der Waals surface area contributed by atoms with Gasteiger partial charge < -0.3 is 9.64 Å². The summed E-state index contributed by atoms with van der Waals surface area (Å²) >= 11 is 0. The zero-order chi connectivity index (χ0) is 15.7. The first kappa shape index (κ1) is 16.7. The molecule has 0 saturated carbocycles. The van der Waals surface area contributed by atoms with Gasteiger partial charge in [0, 0.05) is 32.0 Å². The van der Waals surface area contributed by atoms with Crippen molar-refractivity contribution in [2.24, 2.45) is 11.8 Å². The van der Waals surface area contributed by atoms with E-state index >= 15 is 0 Å². The Labute approximate surface area is 127 Å². The van der Waals surface area contributed by atoms with E-state index in [1.54, 1.807) is 4.90 Å². The largest absolute Gasteiger partial charge is 0.381 e. The monoisotopic (exact) mass is 317 g/mol. The molecule has 2 saturated heterocycles.